The summed E-state index contributed by atoms with van der Waals surface area (Å²) < 4.78 is 5.38. The van der Waals surface area contributed by atoms with E-state index in [0.29, 0.717) is 12.3 Å². The first kappa shape index (κ1) is 17.8. The maximum absolute atomic E-state index is 12.9. The molecule has 4 heteroatoms. The number of hydrogen-bond acceptors (Lipinski definition) is 2. The molecule has 0 aliphatic carbocycles. The molecule has 25 heavy (non-hydrogen) atoms. The highest BCUT2D eigenvalue weighted by atomic mass is 35.5. The normalized spacial score (nSPS) is 17.8. The molecule has 1 atom stereocenters. The summed E-state index contributed by atoms with van der Waals surface area (Å²) >= 11 is 6.00. The van der Waals surface area contributed by atoms with Crippen molar-refractivity contribution >= 4 is 17.5 Å². The Morgan fingerprint density at radius 3 is 2.68 bits per heavy atom. The van der Waals surface area contributed by atoms with Gasteiger partial charge in [0.1, 0.15) is 5.75 Å². The second kappa shape index (κ2) is 8.39. The molecule has 0 bridgehead atoms. The fourth-order valence-electron chi connectivity index (χ4n) is 3.50. The molecule has 3 nitrogen and oxygen atoms in total. The quantitative estimate of drug-likeness (QED) is 0.794. The molecule has 0 spiro atoms. The molecule has 2 aromatic rings. The van der Waals surface area contributed by atoms with Crippen LogP contribution in [0.3, 0.4) is 0 Å². The monoisotopic (exact) mass is 357 g/mol. The molecule has 1 aliphatic rings. The fourth-order valence-corrected chi connectivity index (χ4v) is 3.63. The minimum Gasteiger partial charge on any atom is -0.496 e. The number of para-hydroxylation sites is 1. The van der Waals surface area contributed by atoms with E-state index in [1.165, 1.54) is 5.56 Å². The highest BCUT2D eigenvalue weighted by molar-refractivity contribution is 6.30. The van der Waals surface area contributed by atoms with Crippen molar-refractivity contribution in [1.29, 1.82) is 0 Å². The Bertz CT molecular complexity index is 714. The van der Waals surface area contributed by atoms with Crippen LogP contribution in [0.2, 0.25) is 5.02 Å². The van der Waals surface area contributed by atoms with E-state index in [2.05, 4.69) is 12.1 Å². The summed E-state index contributed by atoms with van der Waals surface area (Å²) in [5.74, 6) is 1.33. The molecule has 1 fully saturated rings. The van der Waals surface area contributed by atoms with Crippen LogP contribution in [0.5, 0.6) is 5.75 Å². The number of nitrogens with zero attached hydrogens (tertiary/aromatic N) is 1. The number of hydrogen-bond donors (Lipinski definition) is 0. The first-order valence-corrected chi connectivity index (χ1v) is 9.20. The third-order valence-electron chi connectivity index (χ3n) is 4.90. The fraction of sp³-hybridized carbons (Fsp3) is 0.381. The van der Waals surface area contributed by atoms with Gasteiger partial charge in [0.2, 0.25) is 5.91 Å². The van der Waals surface area contributed by atoms with E-state index in [0.717, 1.165) is 48.7 Å². The summed E-state index contributed by atoms with van der Waals surface area (Å²) in [6.45, 7) is 1.60. The van der Waals surface area contributed by atoms with Crippen molar-refractivity contribution in [2.45, 2.75) is 31.6 Å². The van der Waals surface area contributed by atoms with Crippen molar-refractivity contribution in [2.75, 3.05) is 20.2 Å². The van der Waals surface area contributed by atoms with Crippen molar-refractivity contribution in [2.24, 2.45) is 0 Å². The van der Waals surface area contributed by atoms with Crippen molar-refractivity contribution in [3.63, 3.8) is 0 Å². The number of benzene rings is 2. The molecule has 0 N–H and O–H groups in total. The Hall–Kier alpha value is -2.00. The molecule has 1 saturated heterocycles. The number of carbonyl (C=O) groups is 1. The molecule has 1 amide bonds. The number of likely N-dealkylation sites (tertiary alicyclic amines) is 1. The van der Waals surface area contributed by atoms with Crippen LogP contribution in [0, 0.1) is 0 Å². The average molecular weight is 358 g/mol. The van der Waals surface area contributed by atoms with E-state index in [9.17, 15) is 4.79 Å². The highest BCUT2D eigenvalue weighted by Gasteiger charge is 2.23. The van der Waals surface area contributed by atoms with Crippen molar-refractivity contribution < 1.29 is 9.53 Å². The predicted molar refractivity (Wildman–Crippen MR) is 101 cm³/mol. The van der Waals surface area contributed by atoms with Gasteiger partial charge in [-0.25, -0.2) is 0 Å². The van der Waals surface area contributed by atoms with Gasteiger partial charge in [0.25, 0.3) is 0 Å². The van der Waals surface area contributed by atoms with Crippen LogP contribution in [0.25, 0.3) is 0 Å². The number of amides is 1. The summed E-state index contributed by atoms with van der Waals surface area (Å²) in [6.07, 6.45) is 3.70. The first-order chi connectivity index (χ1) is 12.2. The zero-order chi connectivity index (χ0) is 17.6. The van der Waals surface area contributed by atoms with Crippen LogP contribution in [0.4, 0.5) is 0 Å². The second-order valence-corrected chi connectivity index (χ2v) is 7.01. The zero-order valence-electron chi connectivity index (χ0n) is 14.6. The van der Waals surface area contributed by atoms with Gasteiger partial charge in [0.15, 0.2) is 0 Å². The van der Waals surface area contributed by atoms with Crippen molar-refractivity contribution in [3.8, 4) is 5.75 Å². The Kier molecular flexibility index (Phi) is 5.98. The van der Waals surface area contributed by atoms with E-state index < -0.39 is 0 Å². The largest absolute Gasteiger partial charge is 0.496 e. The summed E-state index contributed by atoms with van der Waals surface area (Å²) in [5.41, 5.74) is 2.21. The Labute approximate surface area is 154 Å². The third kappa shape index (κ3) is 4.55. The van der Waals surface area contributed by atoms with Crippen LogP contribution in [-0.4, -0.2) is 31.0 Å². The van der Waals surface area contributed by atoms with Gasteiger partial charge in [-0.05, 0) is 36.6 Å². The number of halogens is 1. The van der Waals surface area contributed by atoms with Gasteiger partial charge in [-0.15, -0.1) is 0 Å². The molecule has 1 heterocycles. The number of ether oxygens (including phenoxy) is 1. The van der Waals surface area contributed by atoms with Crippen LogP contribution in [0.15, 0.2) is 48.5 Å². The molecule has 0 unspecified atom stereocenters. The van der Waals surface area contributed by atoms with Crippen molar-refractivity contribution in [3.05, 3.63) is 64.7 Å². The van der Waals surface area contributed by atoms with Crippen LogP contribution < -0.4 is 4.74 Å². The third-order valence-corrected chi connectivity index (χ3v) is 5.15. The molecule has 0 saturated carbocycles. The highest BCUT2D eigenvalue weighted by Crippen LogP contribution is 2.28. The lowest BCUT2D eigenvalue weighted by Gasteiger charge is -2.25. The number of rotatable bonds is 4. The second-order valence-electron chi connectivity index (χ2n) is 6.57. The molecule has 132 valence electrons. The van der Waals surface area contributed by atoms with Crippen LogP contribution >= 0.6 is 11.6 Å². The molecular formula is C21H24ClNO2. The first-order valence-electron chi connectivity index (χ1n) is 8.82. The van der Waals surface area contributed by atoms with Gasteiger partial charge < -0.3 is 9.64 Å². The lowest BCUT2D eigenvalue weighted by atomic mass is 9.94. The molecule has 2 aromatic carbocycles. The maximum atomic E-state index is 12.9. The smallest absolute Gasteiger partial charge is 0.227 e. The summed E-state index contributed by atoms with van der Waals surface area (Å²) in [4.78, 5) is 14.9. The molecule has 0 aromatic heterocycles. The number of carbonyl (C=O) groups excluding carboxylic acids is 1. The minimum absolute atomic E-state index is 0.172. The van der Waals surface area contributed by atoms with Crippen LogP contribution in [0.1, 0.15) is 36.3 Å². The predicted octanol–water partition coefficient (Wildman–Crippen LogP) is 4.69. The van der Waals surface area contributed by atoms with E-state index in [4.69, 9.17) is 16.3 Å². The lowest BCUT2D eigenvalue weighted by Crippen LogP contribution is -2.35. The van der Waals surface area contributed by atoms with E-state index >= 15 is 0 Å². The number of methoxy groups -OCH3 is 1. The summed E-state index contributed by atoms with van der Waals surface area (Å²) in [6, 6.07) is 15.8. The minimum atomic E-state index is 0.172. The van der Waals surface area contributed by atoms with E-state index in [-0.39, 0.29) is 5.91 Å². The molecule has 1 aliphatic heterocycles. The molecule has 3 rings (SSSR count). The Morgan fingerprint density at radius 1 is 1.16 bits per heavy atom. The SMILES string of the molecule is COc1ccccc1CC(=O)N1CCCC[C@H](c2ccc(Cl)cc2)C1. The van der Waals surface area contributed by atoms with Gasteiger partial charge in [0, 0.05) is 29.6 Å². The van der Waals surface area contributed by atoms with E-state index in [1.807, 2.05) is 41.3 Å². The zero-order valence-corrected chi connectivity index (χ0v) is 15.3. The summed E-state index contributed by atoms with van der Waals surface area (Å²) in [7, 11) is 1.64. The van der Waals surface area contributed by atoms with Gasteiger partial charge in [0.05, 0.1) is 13.5 Å². The van der Waals surface area contributed by atoms with Crippen LogP contribution in [-0.2, 0) is 11.2 Å². The average Bonchev–Trinajstić information content (AvgIpc) is 2.89. The van der Waals surface area contributed by atoms with Crippen molar-refractivity contribution in [1.82, 2.24) is 4.90 Å². The topological polar surface area (TPSA) is 29.5 Å². The van der Waals surface area contributed by atoms with Gasteiger partial charge in [-0.1, -0.05) is 48.4 Å². The lowest BCUT2D eigenvalue weighted by molar-refractivity contribution is -0.130. The van der Waals surface area contributed by atoms with Gasteiger partial charge in [-0.2, -0.15) is 0 Å². The van der Waals surface area contributed by atoms with E-state index in [1.54, 1.807) is 7.11 Å². The molecule has 0 radical (unpaired) electrons. The Balaban J connectivity index is 1.72. The summed E-state index contributed by atoms with van der Waals surface area (Å²) in [5, 5.41) is 0.751. The maximum Gasteiger partial charge on any atom is 0.227 e. The van der Waals surface area contributed by atoms with Gasteiger partial charge >= 0.3 is 0 Å². The van der Waals surface area contributed by atoms with Gasteiger partial charge in [-0.3, -0.25) is 4.79 Å². The standard InChI is InChI=1S/C21H24ClNO2/c1-25-20-8-3-2-6-17(20)14-21(24)23-13-5-4-7-18(15-23)16-9-11-19(22)12-10-16/h2-3,6,8-12,18H,4-5,7,13-15H2,1H3/t18-/m0/s1. The Morgan fingerprint density at radius 2 is 1.92 bits per heavy atom. The molecular weight excluding hydrogens is 334 g/mol.